The van der Waals surface area contributed by atoms with Gasteiger partial charge in [0.2, 0.25) is 0 Å². The smallest absolute Gasteiger partial charge is 0.289 e. The first-order valence-corrected chi connectivity index (χ1v) is 12.8. The van der Waals surface area contributed by atoms with Crippen LogP contribution in [0, 0.1) is 6.92 Å². The Bertz CT molecular complexity index is 1280. The first kappa shape index (κ1) is 27.5. The molecule has 1 fully saturated rings. The first-order chi connectivity index (χ1) is 18.2. The van der Waals surface area contributed by atoms with Crippen LogP contribution in [0.5, 0.6) is 0 Å². The number of hydrogen-bond acceptors (Lipinski definition) is 7. The molecule has 1 unspecified atom stereocenters. The van der Waals surface area contributed by atoms with E-state index in [4.69, 9.17) is 14.5 Å². The highest BCUT2D eigenvalue weighted by atomic mass is 19.3. The van der Waals surface area contributed by atoms with E-state index in [1.165, 1.54) is 19.2 Å². The molecule has 0 aliphatic carbocycles. The van der Waals surface area contributed by atoms with E-state index >= 15 is 0 Å². The maximum absolute atomic E-state index is 14.1. The summed E-state index contributed by atoms with van der Waals surface area (Å²) in [6.07, 6.45) is 2.15. The Balaban J connectivity index is 1.66. The topological polar surface area (TPSA) is 89.5 Å². The van der Waals surface area contributed by atoms with Crippen molar-refractivity contribution < 1.29 is 23.0 Å². The average molecular weight is 526 g/mol. The zero-order chi connectivity index (χ0) is 27.3. The minimum atomic E-state index is -3.11. The van der Waals surface area contributed by atoms with Crippen molar-refractivity contribution in [1.82, 2.24) is 15.0 Å². The molecule has 0 radical (unpaired) electrons. The van der Waals surface area contributed by atoms with Crippen LogP contribution in [0.15, 0.2) is 42.7 Å². The lowest BCUT2D eigenvalue weighted by Crippen LogP contribution is -2.37. The van der Waals surface area contributed by atoms with Crippen LogP contribution in [0.1, 0.15) is 60.7 Å². The molecular formula is C28H33F2N5O3. The fourth-order valence-electron chi connectivity index (χ4n) is 4.24. The van der Waals surface area contributed by atoms with E-state index in [1.807, 2.05) is 39.0 Å². The van der Waals surface area contributed by atoms with Gasteiger partial charge in [0.25, 0.3) is 11.8 Å². The molecule has 1 aliphatic rings. The number of carbonyl (C=O) groups excluding carboxylic acids is 1. The van der Waals surface area contributed by atoms with Gasteiger partial charge in [0.1, 0.15) is 11.5 Å². The van der Waals surface area contributed by atoms with Gasteiger partial charge in [0.05, 0.1) is 36.9 Å². The van der Waals surface area contributed by atoms with Crippen molar-refractivity contribution in [1.29, 1.82) is 0 Å². The minimum absolute atomic E-state index is 0.0941. The molecule has 1 amide bonds. The number of hydrogen-bond donors (Lipinski definition) is 1. The highest BCUT2D eigenvalue weighted by Crippen LogP contribution is 2.32. The summed E-state index contributed by atoms with van der Waals surface area (Å²) in [6, 6.07) is 8.34. The number of morpholine rings is 1. The predicted octanol–water partition coefficient (Wildman–Crippen LogP) is 5.54. The molecule has 4 rings (SSSR count). The normalized spacial score (nSPS) is 14.8. The van der Waals surface area contributed by atoms with Crippen LogP contribution < -0.4 is 10.2 Å². The van der Waals surface area contributed by atoms with Crippen molar-refractivity contribution >= 4 is 17.4 Å². The summed E-state index contributed by atoms with van der Waals surface area (Å²) in [5.74, 6) is -2.81. The number of alkyl halides is 2. The summed E-state index contributed by atoms with van der Waals surface area (Å²) in [7, 11) is 0. The second kappa shape index (κ2) is 11.9. The molecule has 1 N–H and O–H groups in total. The number of pyridine rings is 3. The van der Waals surface area contributed by atoms with E-state index in [0.717, 1.165) is 47.5 Å². The van der Waals surface area contributed by atoms with Crippen LogP contribution in [0.2, 0.25) is 0 Å². The molecule has 0 aromatic carbocycles. The fourth-order valence-corrected chi connectivity index (χ4v) is 4.24. The van der Waals surface area contributed by atoms with Crippen molar-refractivity contribution in [2.45, 2.75) is 46.1 Å². The third kappa shape index (κ3) is 6.31. The molecule has 4 heterocycles. The Morgan fingerprint density at radius 2 is 1.95 bits per heavy atom. The Hall–Kier alpha value is -3.50. The molecule has 8 nitrogen and oxygen atoms in total. The van der Waals surface area contributed by atoms with Gasteiger partial charge in [-0.1, -0.05) is 6.92 Å². The van der Waals surface area contributed by atoms with Crippen LogP contribution in [0.4, 0.5) is 20.3 Å². The van der Waals surface area contributed by atoms with Crippen molar-refractivity contribution in [2.75, 3.05) is 43.1 Å². The Morgan fingerprint density at radius 3 is 2.66 bits per heavy atom. The maximum Gasteiger partial charge on any atom is 0.289 e. The molecule has 1 atom stereocenters. The molecule has 3 aromatic rings. The van der Waals surface area contributed by atoms with Gasteiger partial charge in [-0.15, -0.1) is 0 Å². The summed E-state index contributed by atoms with van der Waals surface area (Å²) >= 11 is 0. The molecule has 3 aromatic heterocycles. The van der Waals surface area contributed by atoms with E-state index in [2.05, 4.69) is 20.2 Å². The number of ether oxygens (including phenoxy) is 2. The van der Waals surface area contributed by atoms with Gasteiger partial charge in [0.15, 0.2) is 0 Å². The fraction of sp³-hybridized carbons (Fsp3) is 0.429. The molecule has 0 saturated carbocycles. The Morgan fingerprint density at radius 1 is 1.18 bits per heavy atom. The van der Waals surface area contributed by atoms with Crippen molar-refractivity contribution in [3.8, 4) is 11.1 Å². The van der Waals surface area contributed by atoms with Gasteiger partial charge in [0, 0.05) is 49.1 Å². The van der Waals surface area contributed by atoms with E-state index in [1.54, 1.807) is 6.20 Å². The predicted molar refractivity (Wildman–Crippen MR) is 142 cm³/mol. The quantitative estimate of drug-likeness (QED) is 0.393. The summed E-state index contributed by atoms with van der Waals surface area (Å²) in [6.45, 7) is 10.5. The third-order valence-corrected chi connectivity index (χ3v) is 6.50. The summed E-state index contributed by atoms with van der Waals surface area (Å²) in [5.41, 5.74) is 3.37. The van der Waals surface area contributed by atoms with Crippen LogP contribution in [-0.4, -0.2) is 53.8 Å². The molecular weight excluding hydrogens is 492 g/mol. The number of nitrogens with one attached hydrogen (secondary N) is 1. The van der Waals surface area contributed by atoms with Crippen LogP contribution in [-0.2, 0) is 15.4 Å². The third-order valence-electron chi connectivity index (χ3n) is 6.50. The molecule has 10 heteroatoms. The number of nitrogens with zero attached hydrogens (tertiary/aromatic N) is 4. The second-order valence-electron chi connectivity index (χ2n) is 9.13. The largest absolute Gasteiger partial charge is 0.378 e. The van der Waals surface area contributed by atoms with Gasteiger partial charge in [-0.25, -0.2) is 4.98 Å². The number of rotatable bonds is 9. The lowest BCUT2D eigenvalue weighted by Gasteiger charge is -2.29. The highest BCUT2D eigenvalue weighted by molar-refractivity contribution is 6.04. The van der Waals surface area contributed by atoms with Gasteiger partial charge in [-0.3, -0.25) is 14.8 Å². The number of halogens is 2. The molecule has 0 spiro atoms. The lowest BCUT2D eigenvalue weighted by atomic mass is 10.0. The Kier molecular flexibility index (Phi) is 8.63. The monoisotopic (exact) mass is 525 g/mol. The van der Waals surface area contributed by atoms with E-state index in [9.17, 15) is 13.6 Å². The van der Waals surface area contributed by atoms with E-state index in [0.29, 0.717) is 25.5 Å². The number of aromatic nitrogens is 3. The number of anilines is 2. The van der Waals surface area contributed by atoms with Crippen LogP contribution in [0.3, 0.4) is 0 Å². The zero-order valence-electron chi connectivity index (χ0n) is 22.1. The number of carbonyl (C=O) groups is 1. The molecule has 0 bridgehead atoms. The van der Waals surface area contributed by atoms with Gasteiger partial charge in [-0.05, 0) is 56.7 Å². The van der Waals surface area contributed by atoms with Crippen LogP contribution >= 0.6 is 0 Å². The highest BCUT2D eigenvalue weighted by Gasteiger charge is 2.31. The van der Waals surface area contributed by atoms with Gasteiger partial charge < -0.3 is 19.7 Å². The average Bonchev–Trinajstić information content (AvgIpc) is 2.94. The first-order valence-electron chi connectivity index (χ1n) is 12.8. The van der Waals surface area contributed by atoms with Crippen LogP contribution in [0.25, 0.3) is 11.1 Å². The standard InChI is InChI=1S/C28H33F2N5O3/c1-5-28(29,30)25-14-20(7-8-31-25)27(36)33-22-16-23(18(3)32-17-22)21-13-24(19(4)38-6-2)34-26(15-21)35-9-11-37-12-10-35/h7-8,13-17,19H,5-6,9-12H2,1-4H3,(H,33,36). The Labute approximate surface area is 221 Å². The van der Waals surface area contributed by atoms with Crippen molar-refractivity contribution in [2.24, 2.45) is 0 Å². The summed E-state index contributed by atoms with van der Waals surface area (Å²) in [5, 5.41) is 2.79. The summed E-state index contributed by atoms with van der Waals surface area (Å²) in [4.78, 5) is 28.2. The number of amides is 1. The van der Waals surface area contributed by atoms with E-state index in [-0.39, 0.29) is 11.7 Å². The maximum atomic E-state index is 14.1. The minimum Gasteiger partial charge on any atom is -0.378 e. The molecule has 202 valence electrons. The lowest BCUT2D eigenvalue weighted by molar-refractivity contribution is -0.0128. The molecule has 38 heavy (non-hydrogen) atoms. The summed E-state index contributed by atoms with van der Waals surface area (Å²) < 4.78 is 39.6. The second-order valence-corrected chi connectivity index (χ2v) is 9.13. The molecule has 1 aliphatic heterocycles. The zero-order valence-corrected chi connectivity index (χ0v) is 22.1. The molecule has 1 saturated heterocycles. The SMILES string of the molecule is CCOC(C)c1cc(-c2cc(NC(=O)c3ccnc(C(F)(F)CC)c3)cnc2C)cc(N2CCOCC2)n1. The number of aryl methyl sites for hydroxylation is 1. The van der Waals surface area contributed by atoms with Gasteiger partial charge in [-0.2, -0.15) is 8.78 Å². The van der Waals surface area contributed by atoms with Crippen molar-refractivity contribution in [3.63, 3.8) is 0 Å². The van der Waals surface area contributed by atoms with Gasteiger partial charge >= 0.3 is 0 Å². The van der Waals surface area contributed by atoms with E-state index < -0.39 is 23.9 Å². The van der Waals surface area contributed by atoms with Crippen molar-refractivity contribution in [3.05, 3.63) is 65.4 Å².